The van der Waals surface area contributed by atoms with Crippen LogP contribution in [0.15, 0.2) is 22.7 Å². The zero-order chi connectivity index (χ0) is 14.1. The summed E-state index contributed by atoms with van der Waals surface area (Å²) in [7, 11) is 1.71. The summed E-state index contributed by atoms with van der Waals surface area (Å²) in [6, 6.07) is 7.70. The lowest BCUT2D eigenvalue weighted by molar-refractivity contribution is 0.125. The van der Waals surface area contributed by atoms with Gasteiger partial charge in [-0.1, -0.05) is 6.07 Å². The number of hydrogen-bond acceptors (Lipinski definition) is 3. The highest BCUT2D eigenvalue weighted by Crippen LogP contribution is 2.34. The van der Waals surface area contributed by atoms with E-state index in [-0.39, 0.29) is 0 Å². The Morgan fingerprint density at radius 3 is 2.85 bits per heavy atom. The summed E-state index contributed by atoms with van der Waals surface area (Å²) in [6.45, 7) is 5.62. The molecule has 110 valence electrons. The number of piperazine rings is 1. The minimum atomic E-state index is 0.603. The van der Waals surface area contributed by atoms with E-state index in [1.807, 2.05) is 6.07 Å². The lowest BCUT2D eigenvalue weighted by Gasteiger charge is -2.39. The van der Waals surface area contributed by atoms with Crippen LogP contribution in [0.5, 0.6) is 5.75 Å². The van der Waals surface area contributed by atoms with Gasteiger partial charge in [-0.2, -0.15) is 0 Å². The van der Waals surface area contributed by atoms with Crippen LogP contribution in [0.2, 0.25) is 0 Å². The fraction of sp³-hybridized carbons (Fsp3) is 0.625. The molecule has 1 saturated carbocycles. The molecule has 1 heterocycles. The van der Waals surface area contributed by atoms with Gasteiger partial charge in [0, 0.05) is 31.7 Å². The summed E-state index contributed by atoms with van der Waals surface area (Å²) in [5.74, 6) is 1.82. The molecular formula is C16H23BrN2O. The Morgan fingerprint density at radius 1 is 1.40 bits per heavy atom. The van der Waals surface area contributed by atoms with E-state index in [2.05, 4.69) is 45.2 Å². The lowest BCUT2D eigenvalue weighted by atomic mass is 10.0. The van der Waals surface area contributed by atoms with Gasteiger partial charge in [-0.3, -0.25) is 4.90 Å². The second-order valence-corrected chi connectivity index (χ2v) is 6.95. The van der Waals surface area contributed by atoms with Crippen LogP contribution in [0.4, 0.5) is 0 Å². The third-order valence-electron chi connectivity index (χ3n) is 4.52. The number of nitrogens with one attached hydrogen (secondary N) is 1. The van der Waals surface area contributed by atoms with Crippen LogP contribution in [0.3, 0.4) is 0 Å². The van der Waals surface area contributed by atoms with E-state index in [1.165, 1.54) is 24.9 Å². The Labute approximate surface area is 129 Å². The van der Waals surface area contributed by atoms with Crippen LogP contribution < -0.4 is 10.1 Å². The Morgan fingerprint density at radius 2 is 2.20 bits per heavy atom. The van der Waals surface area contributed by atoms with Gasteiger partial charge in [0.05, 0.1) is 11.6 Å². The molecule has 2 fully saturated rings. The molecule has 1 saturated heterocycles. The van der Waals surface area contributed by atoms with E-state index >= 15 is 0 Å². The summed E-state index contributed by atoms with van der Waals surface area (Å²) < 4.78 is 6.34. The van der Waals surface area contributed by atoms with Crippen molar-refractivity contribution in [2.45, 2.75) is 38.4 Å². The van der Waals surface area contributed by atoms with E-state index in [9.17, 15) is 0 Å². The van der Waals surface area contributed by atoms with E-state index in [4.69, 9.17) is 4.74 Å². The summed E-state index contributed by atoms with van der Waals surface area (Å²) >= 11 is 3.58. The quantitative estimate of drug-likeness (QED) is 0.913. The second-order valence-electron chi connectivity index (χ2n) is 6.10. The number of benzene rings is 1. The summed E-state index contributed by atoms with van der Waals surface area (Å²) in [5, 5.41) is 3.71. The molecule has 1 aliphatic heterocycles. The molecule has 1 aliphatic carbocycles. The molecule has 1 aromatic rings. The van der Waals surface area contributed by atoms with Gasteiger partial charge in [-0.05, 0) is 59.3 Å². The minimum Gasteiger partial charge on any atom is -0.496 e. The van der Waals surface area contributed by atoms with Crippen molar-refractivity contribution < 1.29 is 4.74 Å². The van der Waals surface area contributed by atoms with Crippen LogP contribution in [0, 0.1) is 5.92 Å². The van der Waals surface area contributed by atoms with Gasteiger partial charge in [0.2, 0.25) is 0 Å². The lowest BCUT2D eigenvalue weighted by Crippen LogP contribution is -2.55. The fourth-order valence-electron chi connectivity index (χ4n) is 3.03. The summed E-state index contributed by atoms with van der Waals surface area (Å²) in [4.78, 5) is 2.60. The molecule has 2 unspecified atom stereocenters. The molecule has 2 atom stereocenters. The molecule has 2 aliphatic rings. The van der Waals surface area contributed by atoms with Gasteiger partial charge >= 0.3 is 0 Å². The van der Waals surface area contributed by atoms with Gasteiger partial charge in [0.25, 0.3) is 0 Å². The number of ether oxygens (including phenoxy) is 1. The van der Waals surface area contributed by atoms with E-state index < -0.39 is 0 Å². The number of hydrogen-bond donors (Lipinski definition) is 1. The van der Waals surface area contributed by atoms with Gasteiger partial charge in [-0.15, -0.1) is 0 Å². The zero-order valence-electron chi connectivity index (χ0n) is 12.2. The van der Waals surface area contributed by atoms with Crippen LogP contribution in [0.25, 0.3) is 0 Å². The van der Waals surface area contributed by atoms with Crippen molar-refractivity contribution in [3.63, 3.8) is 0 Å². The van der Waals surface area contributed by atoms with Crippen molar-refractivity contribution in [2.75, 3.05) is 20.2 Å². The van der Waals surface area contributed by atoms with E-state index in [1.54, 1.807) is 7.11 Å². The van der Waals surface area contributed by atoms with Crippen molar-refractivity contribution in [3.05, 3.63) is 28.2 Å². The smallest absolute Gasteiger partial charge is 0.133 e. The van der Waals surface area contributed by atoms with Crippen molar-refractivity contribution in [2.24, 2.45) is 5.92 Å². The van der Waals surface area contributed by atoms with Crippen molar-refractivity contribution in [3.8, 4) is 5.75 Å². The zero-order valence-corrected chi connectivity index (χ0v) is 13.8. The Hall–Kier alpha value is -0.580. The average Bonchev–Trinajstić information content (AvgIpc) is 3.26. The van der Waals surface area contributed by atoms with Crippen molar-refractivity contribution in [1.29, 1.82) is 0 Å². The molecule has 3 nitrogen and oxygen atoms in total. The van der Waals surface area contributed by atoms with Crippen molar-refractivity contribution in [1.82, 2.24) is 10.2 Å². The number of nitrogens with zero attached hydrogens (tertiary/aromatic N) is 1. The second kappa shape index (κ2) is 6.04. The Bertz CT molecular complexity index is 476. The number of rotatable bonds is 4. The highest BCUT2D eigenvalue weighted by Gasteiger charge is 2.35. The number of halogens is 1. The predicted octanol–water partition coefficient (Wildman–Crippen LogP) is 3.03. The van der Waals surface area contributed by atoms with Gasteiger partial charge in [0.15, 0.2) is 0 Å². The van der Waals surface area contributed by atoms with Gasteiger partial charge in [0.1, 0.15) is 5.75 Å². The molecule has 4 heteroatoms. The highest BCUT2D eigenvalue weighted by molar-refractivity contribution is 9.10. The molecule has 20 heavy (non-hydrogen) atoms. The summed E-state index contributed by atoms with van der Waals surface area (Å²) in [6.07, 6.45) is 2.82. The van der Waals surface area contributed by atoms with Crippen molar-refractivity contribution >= 4 is 15.9 Å². The SMILES string of the molecule is COc1ccc(CN2CC(C3CC3)NCC2C)cc1Br. The topological polar surface area (TPSA) is 24.5 Å². The first-order chi connectivity index (χ1) is 9.67. The maximum atomic E-state index is 5.30. The standard InChI is InChI=1S/C16H23BrN2O/c1-11-8-18-15(13-4-5-13)10-19(11)9-12-3-6-16(20-2)14(17)7-12/h3,6-7,11,13,15,18H,4-5,8-10H2,1-2H3. The molecule has 1 aromatic carbocycles. The first kappa shape index (κ1) is 14.4. The molecule has 0 radical (unpaired) electrons. The monoisotopic (exact) mass is 338 g/mol. The minimum absolute atomic E-state index is 0.603. The first-order valence-corrected chi connectivity index (χ1v) is 8.26. The normalized spacial score (nSPS) is 27.6. The third kappa shape index (κ3) is 3.18. The van der Waals surface area contributed by atoms with E-state index in [0.717, 1.165) is 29.2 Å². The van der Waals surface area contributed by atoms with Gasteiger partial charge in [-0.25, -0.2) is 0 Å². The molecule has 0 bridgehead atoms. The van der Waals surface area contributed by atoms with Crippen LogP contribution in [-0.4, -0.2) is 37.2 Å². The molecule has 0 aromatic heterocycles. The Balaban J connectivity index is 1.67. The maximum absolute atomic E-state index is 5.30. The molecule has 0 spiro atoms. The fourth-order valence-corrected chi connectivity index (χ4v) is 3.61. The van der Waals surface area contributed by atoms with Crippen LogP contribution in [0.1, 0.15) is 25.3 Å². The average molecular weight is 339 g/mol. The third-order valence-corrected chi connectivity index (χ3v) is 5.14. The molecule has 3 rings (SSSR count). The van der Waals surface area contributed by atoms with Gasteiger partial charge < -0.3 is 10.1 Å². The Kier molecular flexibility index (Phi) is 4.34. The van der Waals surface area contributed by atoms with Crippen LogP contribution in [-0.2, 0) is 6.54 Å². The highest BCUT2D eigenvalue weighted by atomic mass is 79.9. The molecular weight excluding hydrogens is 316 g/mol. The molecule has 1 N–H and O–H groups in total. The summed E-state index contributed by atoms with van der Waals surface area (Å²) in [5.41, 5.74) is 1.35. The number of methoxy groups -OCH3 is 1. The molecule has 0 amide bonds. The maximum Gasteiger partial charge on any atom is 0.133 e. The predicted molar refractivity (Wildman–Crippen MR) is 85.1 cm³/mol. The van der Waals surface area contributed by atoms with Crippen LogP contribution >= 0.6 is 15.9 Å². The van der Waals surface area contributed by atoms with E-state index in [0.29, 0.717) is 12.1 Å². The first-order valence-electron chi connectivity index (χ1n) is 7.47. The largest absolute Gasteiger partial charge is 0.496 e.